The lowest BCUT2D eigenvalue weighted by Crippen LogP contribution is -2.29. The minimum atomic E-state index is -4.45. The van der Waals surface area contributed by atoms with Crippen LogP contribution in [0.25, 0.3) is 5.65 Å². The van der Waals surface area contributed by atoms with Gasteiger partial charge in [-0.25, -0.2) is 9.50 Å². The lowest BCUT2D eigenvalue weighted by Gasteiger charge is -2.25. The normalized spacial score (nSPS) is 25.3. The summed E-state index contributed by atoms with van der Waals surface area (Å²) >= 11 is 0. The second kappa shape index (κ2) is 6.25. The summed E-state index contributed by atoms with van der Waals surface area (Å²) in [4.78, 5) is 6.57. The number of ether oxygens (including phenoxy) is 1. The molecule has 4 rings (SSSR count). The molecular formula is C17H21F3N4O. The predicted octanol–water partition coefficient (Wildman–Crippen LogP) is 3.23. The van der Waals surface area contributed by atoms with Crippen molar-refractivity contribution < 1.29 is 17.9 Å². The highest BCUT2D eigenvalue weighted by Crippen LogP contribution is 2.35. The number of hydrogen-bond donors (Lipinski definition) is 0. The molecule has 0 radical (unpaired) electrons. The van der Waals surface area contributed by atoms with E-state index in [9.17, 15) is 13.2 Å². The largest absolute Gasteiger partial charge is 0.433 e. The number of likely N-dealkylation sites (tertiary alicyclic amines) is 1. The first kappa shape index (κ1) is 16.8. The molecule has 0 N–H and O–H groups in total. The van der Waals surface area contributed by atoms with Gasteiger partial charge < -0.3 is 4.74 Å². The molecule has 0 amide bonds. The van der Waals surface area contributed by atoms with E-state index in [1.54, 1.807) is 13.0 Å². The first-order valence-corrected chi connectivity index (χ1v) is 8.68. The van der Waals surface area contributed by atoms with Gasteiger partial charge in [0.05, 0.1) is 18.3 Å². The molecule has 2 aromatic heterocycles. The topological polar surface area (TPSA) is 42.7 Å². The van der Waals surface area contributed by atoms with Crippen LogP contribution < -0.4 is 0 Å². The molecule has 2 fully saturated rings. The number of aryl methyl sites for hydroxylation is 1. The van der Waals surface area contributed by atoms with Crippen molar-refractivity contribution in [1.29, 1.82) is 0 Å². The van der Waals surface area contributed by atoms with Crippen LogP contribution in [0, 0.1) is 12.8 Å². The average Bonchev–Trinajstić information content (AvgIpc) is 3.25. The van der Waals surface area contributed by atoms with Crippen LogP contribution in [0.3, 0.4) is 0 Å². The molecule has 2 saturated heterocycles. The Labute approximate surface area is 143 Å². The van der Waals surface area contributed by atoms with E-state index in [0.29, 0.717) is 17.3 Å². The van der Waals surface area contributed by atoms with Gasteiger partial charge in [-0.1, -0.05) is 0 Å². The van der Waals surface area contributed by atoms with Gasteiger partial charge in [0, 0.05) is 24.9 Å². The molecular weight excluding hydrogens is 333 g/mol. The van der Waals surface area contributed by atoms with Crippen LogP contribution in [0.2, 0.25) is 0 Å². The Balaban J connectivity index is 1.66. The molecule has 0 spiro atoms. The summed E-state index contributed by atoms with van der Waals surface area (Å²) in [6.07, 6.45) is -1.46. The van der Waals surface area contributed by atoms with Gasteiger partial charge >= 0.3 is 6.18 Å². The molecule has 8 heteroatoms. The monoisotopic (exact) mass is 354 g/mol. The van der Waals surface area contributed by atoms with Crippen LogP contribution in [0.1, 0.15) is 42.4 Å². The minimum absolute atomic E-state index is 0.0590. The highest BCUT2D eigenvalue weighted by atomic mass is 19.4. The fourth-order valence-electron chi connectivity index (χ4n) is 3.92. The fourth-order valence-corrected chi connectivity index (χ4v) is 3.92. The van der Waals surface area contributed by atoms with Crippen molar-refractivity contribution in [2.24, 2.45) is 5.92 Å². The van der Waals surface area contributed by atoms with Crippen LogP contribution in [0.5, 0.6) is 0 Å². The Morgan fingerprint density at radius 3 is 2.84 bits per heavy atom. The molecule has 2 aliphatic rings. The zero-order valence-electron chi connectivity index (χ0n) is 14.1. The Morgan fingerprint density at radius 2 is 2.12 bits per heavy atom. The number of aromatic nitrogens is 3. The van der Waals surface area contributed by atoms with E-state index in [2.05, 4.69) is 15.0 Å². The standard InChI is InChI=1S/C17H21F3N4O/c1-11-7-15(17(18,19)20)24-16(21-11)8-13(22-24)14-3-2-5-23(14)9-12-4-6-25-10-12/h7-8,12,14H,2-6,9-10H2,1H3/t12-,14+/m1/s1. The average molecular weight is 354 g/mol. The minimum Gasteiger partial charge on any atom is -0.381 e. The summed E-state index contributed by atoms with van der Waals surface area (Å²) < 4.78 is 46.3. The molecule has 2 aromatic rings. The fraction of sp³-hybridized carbons (Fsp3) is 0.647. The third kappa shape index (κ3) is 3.25. The van der Waals surface area contributed by atoms with Gasteiger partial charge in [-0.15, -0.1) is 0 Å². The third-order valence-electron chi connectivity index (χ3n) is 5.09. The van der Waals surface area contributed by atoms with Crippen molar-refractivity contribution in [3.8, 4) is 0 Å². The zero-order valence-corrected chi connectivity index (χ0v) is 14.1. The maximum Gasteiger partial charge on any atom is 0.433 e. The number of alkyl halides is 3. The van der Waals surface area contributed by atoms with Crippen molar-refractivity contribution in [2.45, 2.75) is 38.4 Å². The SMILES string of the molecule is Cc1cc(C(F)(F)F)n2nc([C@@H]3CCCN3C[C@H]3CCOC3)cc2n1. The third-order valence-corrected chi connectivity index (χ3v) is 5.09. The van der Waals surface area contributed by atoms with E-state index < -0.39 is 11.9 Å². The molecule has 0 bridgehead atoms. The zero-order chi connectivity index (χ0) is 17.6. The quantitative estimate of drug-likeness (QED) is 0.849. The molecule has 0 saturated carbocycles. The Kier molecular flexibility index (Phi) is 4.19. The van der Waals surface area contributed by atoms with Gasteiger partial charge in [0.2, 0.25) is 0 Å². The van der Waals surface area contributed by atoms with Gasteiger partial charge in [-0.05, 0) is 44.7 Å². The number of fused-ring (bicyclic) bond motifs is 1. The van der Waals surface area contributed by atoms with Crippen LogP contribution in [0.15, 0.2) is 12.1 Å². The van der Waals surface area contributed by atoms with Crippen LogP contribution in [0.4, 0.5) is 13.2 Å². The lowest BCUT2D eigenvalue weighted by molar-refractivity contribution is -0.142. The first-order chi connectivity index (χ1) is 11.9. The Hall–Kier alpha value is -1.67. The second-order valence-electron chi connectivity index (χ2n) is 7.00. The van der Waals surface area contributed by atoms with Crippen molar-refractivity contribution in [1.82, 2.24) is 19.5 Å². The number of nitrogens with zero attached hydrogens (tertiary/aromatic N) is 4. The van der Waals surface area contributed by atoms with Crippen LogP contribution in [-0.4, -0.2) is 45.8 Å². The van der Waals surface area contributed by atoms with Crippen molar-refractivity contribution in [3.05, 3.63) is 29.2 Å². The van der Waals surface area contributed by atoms with Gasteiger partial charge in [0.15, 0.2) is 5.65 Å². The maximum atomic E-state index is 13.3. The molecule has 136 valence electrons. The summed E-state index contributed by atoms with van der Waals surface area (Å²) in [6.45, 7) is 5.01. The molecule has 2 atom stereocenters. The molecule has 25 heavy (non-hydrogen) atoms. The van der Waals surface area contributed by atoms with Gasteiger partial charge in [-0.2, -0.15) is 18.3 Å². The van der Waals surface area contributed by atoms with Crippen molar-refractivity contribution in [2.75, 3.05) is 26.3 Å². The van der Waals surface area contributed by atoms with E-state index in [-0.39, 0.29) is 11.7 Å². The number of hydrogen-bond acceptors (Lipinski definition) is 4. The smallest absolute Gasteiger partial charge is 0.381 e. The van der Waals surface area contributed by atoms with Gasteiger partial charge in [0.25, 0.3) is 0 Å². The Morgan fingerprint density at radius 1 is 1.28 bits per heavy atom. The van der Waals surface area contributed by atoms with Crippen molar-refractivity contribution in [3.63, 3.8) is 0 Å². The summed E-state index contributed by atoms with van der Waals surface area (Å²) in [7, 11) is 0. The predicted molar refractivity (Wildman–Crippen MR) is 85.2 cm³/mol. The van der Waals surface area contributed by atoms with Crippen molar-refractivity contribution >= 4 is 5.65 Å². The molecule has 4 heterocycles. The van der Waals surface area contributed by atoms with E-state index >= 15 is 0 Å². The van der Waals surface area contributed by atoms with Crippen LogP contribution in [-0.2, 0) is 10.9 Å². The summed E-state index contributed by atoms with van der Waals surface area (Å²) in [5.74, 6) is 0.503. The summed E-state index contributed by atoms with van der Waals surface area (Å²) in [5, 5.41) is 4.29. The van der Waals surface area contributed by atoms with E-state index in [4.69, 9.17) is 4.74 Å². The number of halogens is 3. The molecule has 2 aliphatic heterocycles. The summed E-state index contributed by atoms with van der Waals surface area (Å²) in [5.41, 5.74) is 0.519. The Bertz CT molecular complexity index is 767. The number of rotatable bonds is 3. The van der Waals surface area contributed by atoms with E-state index in [0.717, 1.165) is 56.1 Å². The highest BCUT2D eigenvalue weighted by Gasteiger charge is 2.36. The van der Waals surface area contributed by atoms with Gasteiger partial charge in [0.1, 0.15) is 5.69 Å². The lowest BCUT2D eigenvalue weighted by atomic mass is 10.1. The maximum absolute atomic E-state index is 13.3. The molecule has 0 aromatic carbocycles. The summed E-state index contributed by atoms with van der Waals surface area (Å²) in [6, 6.07) is 2.81. The van der Waals surface area contributed by atoms with Crippen LogP contribution >= 0.6 is 0 Å². The van der Waals surface area contributed by atoms with E-state index in [1.807, 2.05) is 0 Å². The molecule has 5 nitrogen and oxygen atoms in total. The highest BCUT2D eigenvalue weighted by molar-refractivity contribution is 5.43. The molecule has 0 aliphatic carbocycles. The van der Waals surface area contributed by atoms with E-state index in [1.165, 1.54) is 0 Å². The molecule has 0 unspecified atom stereocenters. The first-order valence-electron chi connectivity index (χ1n) is 8.68. The second-order valence-corrected chi connectivity index (χ2v) is 7.00. The van der Waals surface area contributed by atoms with Gasteiger partial charge in [-0.3, -0.25) is 4.90 Å².